The smallest absolute Gasteiger partial charge is 0.208 e. The van der Waals surface area contributed by atoms with Crippen molar-refractivity contribution in [2.45, 2.75) is 14.7 Å². The van der Waals surface area contributed by atoms with Gasteiger partial charge in [-0.15, -0.1) is 12.6 Å². The van der Waals surface area contributed by atoms with Crippen molar-refractivity contribution in [3.05, 3.63) is 42.5 Å². The minimum absolute atomic E-state index is 0.00451. The van der Waals surface area contributed by atoms with Gasteiger partial charge < -0.3 is 10.8 Å². The van der Waals surface area contributed by atoms with Gasteiger partial charge in [-0.05, 0) is 36.4 Å². The van der Waals surface area contributed by atoms with Crippen LogP contribution in [0.4, 0.5) is 5.69 Å². The van der Waals surface area contributed by atoms with Gasteiger partial charge in [0, 0.05) is 4.90 Å². The van der Waals surface area contributed by atoms with Crippen LogP contribution in [0.15, 0.2) is 57.2 Å². The molecule has 94 valence electrons. The van der Waals surface area contributed by atoms with Gasteiger partial charge in [0.1, 0.15) is 5.75 Å². The minimum Gasteiger partial charge on any atom is -0.508 e. The molecule has 0 aromatic heterocycles. The Morgan fingerprint density at radius 2 is 1.67 bits per heavy atom. The molecule has 0 saturated carbocycles. The van der Waals surface area contributed by atoms with Crippen LogP contribution in [0.2, 0.25) is 0 Å². The van der Waals surface area contributed by atoms with Crippen LogP contribution in [0.3, 0.4) is 0 Å². The summed E-state index contributed by atoms with van der Waals surface area (Å²) in [6.07, 6.45) is 0. The van der Waals surface area contributed by atoms with Crippen LogP contribution < -0.4 is 5.73 Å². The second-order valence-electron chi connectivity index (χ2n) is 3.69. The van der Waals surface area contributed by atoms with Gasteiger partial charge in [0.15, 0.2) is 0 Å². The first-order chi connectivity index (χ1) is 8.43. The fraction of sp³-hybridized carbons (Fsp3) is 0. The number of phenolic OH excluding ortho intramolecular Hbond substituents is 1. The maximum absolute atomic E-state index is 12.3. The van der Waals surface area contributed by atoms with Gasteiger partial charge in [0.05, 0.1) is 15.5 Å². The first-order valence-electron chi connectivity index (χ1n) is 5.04. The second kappa shape index (κ2) is 4.55. The Morgan fingerprint density at radius 1 is 1.06 bits per heavy atom. The lowest BCUT2D eigenvalue weighted by molar-refractivity contribution is 0.475. The number of hydrogen-bond acceptors (Lipinski definition) is 5. The Balaban J connectivity index is 2.62. The summed E-state index contributed by atoms with van der Waals surface area (Å²) in [5, 5.41) is 9.16. The van der Waals surface area contributed by atoms with Crippen molar-refractivity contribution in [3.8, 4) is 5.75 Å². The number of rotatable bonds is 2. The molecule has 0 fully saturated rings. The lowest BCUT2D eigenvalue weighted by Crippen LogP contribution is -2.05. The zero-order valence-corrected chi connectivity index (χ0v) is 10.9. The number of hydrogen-bond donors (Lipinski definition) is 3. The van der Waals surface area contributed by atoms with E-state index in [2.05, 4.69) is 12.6 Å². The van der Waals surface area contributed by atoms with Crippen LogP contribution in [-0.4, -0.2) is 13.5 Å². The fourth-order valence-electron chi connectivity index (χ4n) is 1.52. The van der Waals surface area contributed by atoms with Crippen LogP contribution in [0.25, 0.3) is 0 Å². The number of para-hydroxylation sites is 1. The molecule has 0 amide bonds. The number of phenols is 1. The van der Waals surface area contributed by atoms with E-state index in [0.717, 1.165) is 0 Å². The molecule has 0 spiro atoms. The van der Waals surface area contributed by atoms with Crippen molar-refractivity contribution in [2.75, 3.05) is 5.73 Å². The quantitative estimate of drug-likeness (QED) is 0.581. The molecule has 0 unspecified atom stereocenters. The highest BCUT2D eigenvalue weighted by Gasteiger charge is 2.21. The number of thiol groups is 1. The molecule has 4 nitrogen and oxygen atoms in total. The first-order valence-corrected chi connectivity index (χ1v) is 6.97. The highest BCUT2D eigenvalue weighted by Crippen LogP contribution is 2.30. The third kappa shape index (κ3) is 2.16. The van der Waals surface area contributed by atoms with E-state index in [4.69, 9.17) is 10.8 Å². The SMILES string of the molecule is Nc1c(S)cccc1S(=O)(=O)c1ccc(O)cc1. The summed E-state index contributed by atoms with van der Waals surface area (Å²) in [6, 6.07) is 9.91. The highest BCUT2D eigenvalue weighted by atomic mass is 32.2. The summed E-state index contributed by atoms with van der Waals surface area (Å²) in [4.78, 5) is 0.501. The molecule has 0 bridgehead atoms. The standard InChI is InChI=1S/C12H11NO3S2/c13-12-10(17)2-1-3-11(12)18(15,16)9-6-4-8(14)5-7-9/h1-7,14,17H,13H2. The molecule has 0 radical (unpaired) electrons. The predicted molar refractivity (Wildman–Crippen MR) is 71.7 cm³/mol. The highest BCUT2D eigenvalue weighted by molar-refractivity contribution is 7.91. The molecule has 2 aromatic rings. The van der Waals surface area contributed by atoms with Gasteiger partial charge in [-0.3, -0.25) is 0 Å². The third-order valence-electron chi connectivity index (χ3n) is 2.48. The Kier molecular flexibility index (Phi) is 3.23. The van der Waals surface area contributed by atoms with E-state index >= 15 is 0 Å². The Bertz CT molecular complexity index is 679. The third-order valence-corrected chi connectivity index (χ3v) is 4.70. The molecule has 2 rings (SSSR count). The number of benzene rings is 2. The molecule has 0 atom stereocenters. The summed E-state index contributed by atoms with van der Waals surface area (Å²) < 4.78 is 24.6. The molecule has 0 saturated heterocycles. The van der Waals surface area contributed by atoms with Gasteiger partial charge >= 0.3 is 0 Å². The zero-order chi connectivity index (χ0) is 13.3. The van der Waals surface area contributed by atoms with E-state index in [1.54, 1.807) is 12.1 Å². The van der Waals surface area contributed by atoms with Gasteiger partial charge in [-0.2, -0.15) is 0 Å². The van der Waals surface area contributed by atoms with Crippen molar-refractivity contribution in [1.29, 1.82) is 0 Å². The van der Waals surface area contributed by atoms with Crippen molar-refractivity contribution in [1.82, 2.24) is 0 Å². The molecule has 18 heavy (non-hydrogen) atoms. The average molecular weight is 281 g/mol. The predicted octanol–water partition coefficient (Wildman–Crippen LogP) is 2.10. The van der Waals surface area contributed by atoms with Crippen molar-refractivity contribution < 1.29 is 13.5 Å². The van der Waals surface area contributed by atoms with E-state index in [0.29, 0.717) is 4.90 Å². The summed E-state index contributed by atoms with van der Waals surface area (Å²) in [5.74, 6) is 0.00451. The first kappa shape index (κ1) is 12.8. The van der Waals surface area contributed by atoms with Gasteiger partial charge in [0.2, 0.25) is 9.84 Å². The summed E-state index contributed by atoms with van der Waals surface area (Å²) >= 11 is 4.10. The van der Waals surface area contributed by atoms with Crippen LogP contribution in [0.5, 0.6) is 5.75 Å². The average Bonchev–Trinajstić information content (AvgIpc) is 2.33. The molecular formula is C12H11NO3S2. The zero-order valence-electron chi connectivity index (χ0n) is 9.24. The van der Waals surface area contributed by atoms with Crippen molar-refractivity contribution >= 4 is 28.2 Å². The van der Waals surface area contributed by atoms with Crippen LogP contribution >= 0.6 is 12.6 Å². The molecule has 0 aliphatic heterocycles. The fourth-order valence-corrected chi connectivity index (χ4v) is 3.21. The Labute approximate surface area is 110 Å². The maximum Gasteiger partial charge on any atom is 0.208 e. The topological polar surface area (TPSA) is 80.4 Å². The lowest BCUT2D eigenvalue weighted by atomic mass is 10.3. The van der Waals surface area contributed by atoms with Crippen LogP contribution in [0, 0.1) is 0 Å². The number of nitrogens with two attached hydrogens (primary N) is 1. The van der Waals surface area contributed by atoms with E-state index in [1.807, 2.05) is 0 Å². The molecule has 6 heteroatoms. The molecular weight excluding hydrogens is 270 g/mol. The normalized spacial score (nSPS) is 11.4. The minimum atomic E-state index is -3.69. The Hall–Kier alpha value is -1.66. The molecule has 2 aromatic carbocycles. The van der Waals surface area contributed by atoms with E-state index in [-0.39, 0.29) is 21.2 Å². The molecule has 0 aliphatic rings. The second-order valence-corrected chi connectivity index (χ2v) is 6.09. The number of anilines is 1. The van der Waals surface area contributed by atoms with E-state index in [1.165, 1.54) is 30.3 Å². The van der Waals surface area contributed by atoms with Gasteiger partial charge in [-0.25, -0.2) is 8.42 Å². The summed E-state index contributed by atoms with van der Waals surface area (Å²) in [7, 11) is -3.69. The monoisotopic (exact) mass is 281 g/mol. The van der Waals surface area contributed by atoms with Gasteiger partial charge in [-0.1, -0.05) is 6.07 Å². The largest absolute Gasteiger partial charge is 0.508 e. The molecule has 3 N–H and O–H groups in total. The van der Waals surface area contributed by atoms with Gasteiger partial charge in [0.25, 0.3) is 0 Å². The van der Waals surface area contributed by atoms with Crippen LogP contribution in [-0.2, 0) is 9.84 Å². The Morgan fingerprint density at radius 3 is 2.28 bits per heavy atom. The van der Waals surface area contributed by atoms with Crippen molar-refractivity contribution in [3.63, 3.8) is 0 Å². The summed E-state index contributed by atoms with van der Waals surface area (Å²) in [5.41, 5.74) is 5.85. The lowest BCUT2D eigenvalue weighted by Gasteiger charge is -2.09. The number of sulfone groups is 1. The maximum atomic E-state index is 12.3. The summed E-state index contributed by atoms with van der Waals surface area (Å²) in [6.45, 7) is 0. The van der Waals surface area contributed by atoms with E-state index in [9.17, 15) is 8.42 Å². The molecule has 0 heterocycles. The molecule has 0 aliphatic carbocycles. The number of nitrogen functional groups attached to an aromatic ring is 1. The number of aromatic hydroxyl groups is 1. The van der Waals surface area contributed by atoms with Crippen LogP contribution in [0.1, 0.15) is 0 Å². The van der Waals surface area contributed by atoms with E-state index < -0.39 is 9.84 Å². The van der Waals surface area contributed by atoms with Crippen molar-refractivity contribution in [2.24, 2.45) is 0 Å².